The smallest absolute Gasteiger partial charge is 0.322 e. The van der Waals surface area contributed by atoms with Crippen molar-refractivity contribution in [2.24, 2.45) is 5.92 Å². The lowest BCUT2D eigenvalue weighted by atomic mass is 10.0. The minimum absolute atomic E-state index is 0.0157. The molecule has 0 saturated heterocycles. The first-order valence-corrected chi connectivity index (χ1v) is 9.51. The number of carboxylic acids is 1. The predicted octanol–water partition coefficient (Wildman–Crippen LogP) is 3.06. The summed E-state index contributed by atoms with van der Waals surface area (Å²) in [6, 6.07) is 8.36. The van der Waals surface area contributed by atoms with E-state index >= 15 is 0 Å². The molecule has 0 bridgehead atoms. The summed E-state index contributed by atoms with van der Waals surface area (Å²) in [6.07, 6.45) is 0.516. The van der Waals surface area contributed by atoms with Crippen molar-refractivity contribution in [3.05, 3.63) is 53.4 Å². The van der Waals surface area contributed by atoms with Crippen LogP contribution in [0.2, 0.25) is 0 Å². The molecular formula is C21H23N3O6. The van der Waals surface area contributed by atoms with Gasteiger partial charge in [-0.15, -0.1) is 0 Å². The number of para-hydroxylation sites is 1. The highest BCUT2D eigenvalue weighted by Gasteiger charge is 2.26. The number of nitrogens with zero attached hydrogens (tertiary/aromatic N) is 1. The molecule has 158 valence electrons. The van der Waals surface area contributed by atoms with Crippen LogP contribution in [0.3, 0.4) is 0 Å². The van der Waals surface area contributed by atoms with Crippen molar-refractivity contribution in [2.75, 3.05) is 6.54 Å². The van der Waals surface area contributed by atoms with Gasteiger partial charge in [-0.1, -0.05) is 32.0 Å². The molecule has 0 saturated carbocycles. The molecule has 1 atom stereocenters. The molecule has 1 aromatic carbocycles. The molecule has 30 heavy (non-hydrogen) atoms. The monoisotopic (exact) mass is 413 g/mol. The standard InChI is InChI=1S/C21H23N3O6/c1-11(2)8-14(21-24-18(12(3)29-21)20(28)22-10-17(25)26)23-19(27)16-9-13-6-4-5-7-15(13)30-16/h4-7,9,11,14H,8,10H2,1-3H3,(H,22,28)(H,23,27)(H,25,26). The van der Waals surface area contributed by atoms with Gasteiger partial charge in [0.25, 0.3) is 11.8 Å². The first kappa shape index (κ1) is 21.1. The average Bonchev–Trinajstić information content (AvgIpc) is 3.28. The lowest BCUT2D eigenvalue weighted by molar-refractivity contribution is -0.135. The van der Waals surface area contributed by atoms with E-state index in [0.29, 0.717) is 12.0 Å². The Kier molecular flexibility index (Phi) is 6.20. The van der Waals surface area contributed by atoms with Gasteiger partial charge in [0.15, 0.2) is 11.5 Å². The average molecular weight is 413 g/mol. The summed E-state index contributed by atoms with van der Waals surface area (Å²) in [6.45, 7) is 4.99. The zero-order valence-electron chi connectivity index (χ0n) is 16.9. The number of benzene rings is 1. The first-order valence-electron chi connectivity index (χ1n) is 9.51. The van der Waals surface area contributed by atoms with E-state index < -0.39 is 30.4 Å². The lowest BCUT2D eigenvalue weighted by Crippen LogP contribution is -2.31. The minimum Gasteiger partial charge on any atom is -0.480 e. The number of furan rings is 1. The van der Waals surface area contributed by atoms with Crippen LogP contribution in [-0.4, -0.2) is 34.4 Å². The van der Waals surface area contributed by atoms with Gasteiger partial charge in [0, 0.05) is 5.39 Å². The molecular weight excluding hydrogens is 390 g/mol. The fourth-order valence-electron chi connectivity index (χ4n) is 3.03. The van der Waals surface area contributed by atoms with Gasteiger partial charge in [-0.3, -0.25) is 14.4 Å². The Morgan fingerprint density at radius 3 is 2.53 bits per heavy atom. The van der Waals surface area contributed by atoms with Gasteiger partial charge >= 0.3 is 5.97 Å². The number of nitrogens with one attached hydrogen (secondary N) is 2. The molecule has 9 heteroatoms. The van der Waals surface area contributed by atoms with Gasteiger partial charge in [0.1, 0.15) is 23.9 Å². The number of aliphatic carboxylic acids is 1. The van der Waals surface area contributed by atoms with E-state index in [0.717, 1.165) is 5.39 Å². The lowest BCUT2D eigenvalue weighted by Gasteiger charge is -2.16. The van der Waals surface area contributed by atoms with Crippen LogP contribution in [0.1, 0.15) is 59.0 Å². The normalized spacial score (nSPS) is 12.1. The maximum absolute atomic E-state index is 12.8. The fraction of sp³-hybridized carbons (Fsp3) is 0.333. The number of hydrogen-bond acceptors (Lipinski definition) is 6. The number of carbonyl (C=O) groups is 3. The van der Waals surface area contributed by atoms with Crippen LogP contribution in [0, 0.1) is 12.8 Å². The highest BCUT2D eigenvalue weighted by molar-refractivity contribution is 5.96. The van der Waals surface area contributed by atoms with Crippen molar-refractivity contribution in [3.63, 3.8) is 0 Å². The second-order valence-corrected chi connectivity index (χ2v) is 7.34. The number of hydrogen-bond donors (Lipinski definition) is 3. The second kappa shape index (κ2) is 8.81. The number of fused-ring (bicyclic) bond motifs is 1. The Bertz CT molecular complexity index is 1050. The van der Waals surface area contributed by atoms with Crippen LogP contribution in [0.4, 0.5) is 0 Å². The van der Waals surface area contributed by atoms with Crippen molar-refractivity contribution in [3.8, 4) is 0 Å². The summed E-state index contributed by atoms with van der Waals surface area (Å²) >= 11 is 0. The highest BCUT2D eigenvalue weighted by atomic mass is 16.4. The van der Waals surface area contributed by atoms with Crippen LogP contribution >= 0.6 is 0 Å². The number of carboxylic acid groups (broad SMARTS) is 1. The topological polar surface area (TPSA) is 135 Å². The molecule has 0 radical (unpaired) electrons. The number of amides is 2. The van der Waals surface area contributed by atoms with Crippen LogP contribution in [-0.2, 0) is 4.79 Å². The molecule has 2 amide bonds. The van der Waals surface area contributed by atoms with Gasteiger partial charge in [-0.05, 0) is 31.4 Å². The second-order valence-electron chi connectivity index (χ2n) is 7.34. The van der Waals surface area contributed by atoms with Crippen LogP contribution < -0.4 is 10.6 Å². The van der Waals surface area contributed by atoms with Gasteiger partial charge in [0.05, 0.1) is 0 Å². The summed E-state index contributed by atoms with van der Waals surface area (Å²) in [5, 5.41) is 14.6. The number of aryl methyl sites for hydroxylation is 1. The molecule has 0 aliphatic rings. The molecule has 3 aromatic rings. The van der Waals surface area contributed by atoms with E-state index in [2.05, 4.69) is 15.6 Å². The molecule has 9 nitrogen and oxygen atoms in total. The highest BCUT2D eigenvalue weighted by Crippen LogP contribution is 2.25. The van der Waals surface area contributed by atoms with Crippen molar-refractivity contribution in [1.29, 1.82) is 0 Å². The maximum Gasteiger partial charge on any atom is 0.322 e. The Labute approximate surface area is 172 Å². The van der Waals surface area contributed by atoms with Gasteiger partial charge in [-0.25, -0.2) is 4.98 Å². The van der Waals surface area contributed by atoms with E-state index in [1.807, 2.05) is 32.0 Å². The van der Waals surface area contributed by atoms with Crippen molar-refractivity contribution >= 4 is 28.8 Å². The summed E-state index contributed by atoms with van der Waals surface area (Å²) < 4.78 is 11.2. The number of oxazole rings is 1. The SMILES string of the molecule is Cc1oc(C(CC(C)C)NC(=O)c2cc3ccccc3o2)nc1C(=O)NCC(=O)O. The van der Waals surface area contributed by atoms with Crippen LogP contribution in [0.15, 0.2) is 39.2 Å². The first-order chi connectivity index (χ1) is 14.2. The summed E-state index contributed by atoms with van der Waals surface area (Å²) in [7, 11) is 0. The Morgan fingerprint density at radius 2 is 1.87 bits per heavy atom. The minimum atomic E-state index is -1.17. The van der Waals surface area contributed by atoms with Crippen LogP contribution in [0.5, 0.6) is 0 Å². The number of aromatic nitrogens is 1. The largest absolute Gasteiger partial charge is 0.480 e. The Morgan fingerprint density at radius 1 is 1.13 bits per heavy atom. The summed E-state index contributed by atoms with van der Waals surface area (Å²) in [5.41, 5.74) is 0.588. The van der Waals surface area contributed by atoms with E-state index in [1.165, 1.54) is 0 Å². The van der Waals surface area contributed by atoms with Gasteiger partial charge in [-0.2, -0.15) is 0 Å². The van der Waals surface area contributed by atoms with Crippen LogP contribution in [0.25, 0.3) is 11.0 Å². The van der Waals surface area contributed by atoms with Gasteiger partial charge < -0.3 is 24.6 Å². The molecule has 1 unspecified atom stereocenters. The molecule has 2 aromatic heterocycles. The van der Waals surface area contributed by atoms with Crippen molar-refractivity contribution in [1.82, 2.24) is 15.6 Å². The Hall–Kier alpha value is -3.62. The zero-order valence-corrected chi connectivity index (χ0v) is 16.9. The molecule has 0 fully saturated rings. The summed E-state index contributed by atoms with van der Waals surface area (Å²) in [4.78, 5) is 39.8. The summed E-state index contributed by atoms with van der Waals surface area (Å²) in [5.74, 6) is -1.48. The van der Waals surface area contributed by atoms with E-state index in [-0.39, 0.29) is 29.0 Å². The van der Waals surface area contributed by atoms with E-state index in [1.54, 1.807) is 19.1 Å². The third-order valence-electron chi connectivity index (χ3n) is 4.39. The Balaban J connectivity index is 1.82. The number of rotatable bonds is 8. The predicted molar refractivity (Wildman–Crippen MR) is 107 cm³/mol. The third-order valence-corrected chi connectivity index (χ3v) is 4.39. The molecule has 0 aliphatic heterocycles. The van der Waals surface area contributed by atoms with E-state index in [4.69, 9.17) is 13.9 Å². The molecule has 0 spiro atoms. The molecule has 0 aliphatic carbocycles. The van der Waals surface area contributed by atoms with E-state index in [9.17, 15) is 14.4 Å². The zero-order chi connectivity index (χ0) is 21.8. The molecule has 3 rings (SSSR count). The van der Waals surface area contributed by atoms with Crippen molar-refractivity contribution < 1.29 is 28.3 Å². The molecule has 2 heterocycles. The fourth-order valence-corrected chi connectivity index (χ4v) is 3.03. The van der Waals surface area contributed by atoms with Crippen molar-refractivity contribution in [2.45, 2.75) is 33.2 Å². The molecule has 3 N–H and O–H groups in total. The maximum atomic E-state index is 12.8. The number of carbonyl (C=O) groups excluding carboxylic acids is 2. The third kappa shape index (κ3) is 4.86. The van der Waals surface area contributed by atoms with Gasteiger partial charge in [0.2, 0.25) is 5.89 Å². The quantitative estimate of drug-likeness (QED) is 0.516.